The first-order chi connectivity index (χ1) is 17.1. The van der Waals surface area contributed by atoms with Crippen LogP contribution >= 0.6 is 0 Å². The van der Waals surface area contributed by atoms with E-state index in [4.69, 9.17) is 0 Å². The SMILES string of the molecule is CNC(=O)[C@H](Cc1ccccc1)N(Cc1ccccc1F)C(=O)CN(c1ccccc1F)S(C)(=O)=O. The maximum absolute atomic E-state index is 14.6. The smallest absolute Gasteiger partial charge is 0.244 e. The van der Waals surface area contributed by atoms with Crippen LogP contribution in [0.2, 0.25) is 0 Å². The second-order valence-electron chi connectivity index (χ2n) is 8.15. The number of halogens is 2. The zero-order chi connectivity index (χ0) is 26.3. The lowest BCUT2D eigenvalue weighted by atomic mass is 10.0. The van der Waals surface area contributed by atoms with Crippen LogP contribution in [0.1, 0.15) is 11.1 Å². The molecule has 0 aliphatic carbocycles. The van der Waals surface area contributed by atoms with Crippen LogP contribution in [0.5, 0.6) is 0 Å². The van der Waals surface area contributed by atoms with Gasteiger partial charge in [-0.25, -0.2) is 17.2 Å². The summed E-state index contributed by atoms with van der Waals surface area (Å²) in [5.41, 5.74) is 0.579. The zero-order valence-corrected chi connectivity index (χ0v) is 20.7. The first kappa shape index (κ1) is 26.8. The molecule has 0 fully saturated rings. The lowest BCUT2D eigenvalue weighted by Gasteiger charge is -2.33. The topological polar surface area (TPSA) is 86.8 Å². The van der Waals surface area contributed by atoms with Crippen molar-refractivity contribution in [2.24, 2.45) is 0 Å². The summed E-state index contributed by atoms with van der Waals surface area (Å²) in [7, 11) is -2.68. The van der Waals surface area contributed by atoms with E-state index in [1.165, 1.54) is 43.4 Å². The van der Waals surface area contributed by atoms with Gasteiger partial charge in [0.1, 0.15) is 24.2 Å². The number of hydrogen-bond donors (Lipinski definition) is 1. The van der Waals surface area contributed by atoms with Crippen LogP contribution in [0.3, 0.4) is 0 Å². The highest BCUT2D eigenvalue weighted by Crippen LogP contribution is 2.23. The van der Waals surface area contributed by atoms with Crippen LogP contribution in [-0.2, 0) is 32.6 Å². The van der Waals surface area contributed by atoms with Crippen molar-refractivity contribution in [1.82, 2.24) is 10.2 Å². The number of para-hydroxylation sites is 1. The average molecular weight is 516 g/mol. The highest BCUT2D eigenvalue weighted by Gasteiger charge is 2.33. The van der Waals surface area contributed by atoms with Gasteiger partial charge in [0.25, 0.3) is 0 Å². The lowest BCUT2D eigenvalue weighted by molar-refractivity contribution is -0.139. The first-order valence-corrected chi connectivity index (χ1v) is 13.0. The van der Waals surface area contributed by atoms with Crippen molar-refractivity contribution in [2.45, 2.75) is 19.0 Å². The minimum atomic E-state index is -4.09. The standard InChI is InChI=1S/C26H27F2N3O4S/c1-29-26(33)24(16-19-10-4-3-5-11-19)30(17-20-12-6-7-13-21(20)27)25(32)18-31(36(2,34)35)23-15-9-8-14-22(23)28/h3-15,24H,16-18H2,1-2H3,(H,29,33)/t24-/m0/s1. The summed E-state index contributed by atoms with van der Waals surface area (Å²) in [6, 6.07) is 18.8. The molecule has 7 nitrogen and oxygen atoms in total. The van der Waals surface area contributed by atoms with Gasteiger partial charge in [-0.15, -0.1) is 0 Å². The lowest BCUT2D eigenvalue weighted by Crippen LogP contribution is -2.53. The summed E-state index contributed by atoms with van der Waals surface area (Å²) in [5.74, 6) is -2.72. The normalized spacial score (nSPS) is 12.0. The third kappa shape index (κ3) is 6.66. The van der Waals surface area contributed by atoms with Gasteiger partial charge in [-0.2, -0.15) is 0 Å². The molecule has 3 aromatic carbocycles. The van der Waals surface area contributed by atoms with Crippen LogP contribution in [0, 0.1) is 11.6 Å². The monoisotopic (exact) mass is 515 g/mol. The fourth-order valence-electron chi connectivity index (χ4n) is 3.78. The number of carbonyl (C=O) groups excluding carboxylic acids is 2. The molecule has 0 spiro atoms. The number of sulfonamides is 1. The molecule has 0 saturated carbocycles. The Hall–Kier alpha value is -3.79. The molecule has 0 aromatic heterocycles. The molecule has 3 aromatic rings. The van der Waals surface area contributed by atoms with E-state index in [9.17, 15) is 26.8 Å². The molecule has 0 radical (unpaired) electrons. The summed E-state index contributed by atoms with van der Waals surface area (Å²) >= 11 is 0. The minimum absolute atomic E-state index is 0.0965. The Labute approximate surface area is 209 Å². The fourth-order valence-corrected chi connectivity index (χ4v) is 4.63. The van der Waals surface area contributed by atoms with E-state index in [-0.39, 0.29) is 24.2 Å². The third-order valence-corrected chi connectivity index (χ3v) is 6.74. The Morgan fingerprint density at radius 2 is 1.47 bits per heavy atom. The molecule has 1 atom stereocenters. The van der Waals surface area contributed by atoms with E-state index in [0.717, 1.165) is 22.8 Å². The van der Waals surface area contributed by atoms with E-state index in [0.29, 0.717) is 4.31 Å². The summed E-state index contributed by atoms with van der Waals surface area (Å²) in [4.78, 5) is 27.7. The maximum Gasteiger partial charge on any atom is 0.244 e. The van der Waals surface area contributed by atoms with Gasteiger partial charge in [0.05, 0.1) is 11.9 Å². The second-order valence-corrected chi connectivity index (χ2v) is 10.1. The Bertz CT molecular complexity index is 1320. The van der Waals surface area contributed by atoms with E-state index in [1.807, 2.05) is 0 Å². The van der Waals surface area contributed by atoms with Crippen LogP contribution < -0.4 is 9.62 Å². The van der Waals surface area contributed by atoms with Crippen molar-refractivity contribution < 1.29 is 26.8 Å². The van der Waals surface area contributed by atoms with Crippen LogP contribution in [0.15, 0.2) is 78.9 Å². The summed E-state index contributed by atoms with van der Waals surface area (Å²) in [6.45, 7) is -1.08. The largest absolute Gasteiger partial charge is 0.357 e. The predicted octanol–water partition coefficient (Wildman–Crippen LogP) is 3.12. The summed E-state index contributed by atoms with van der Waals surface area (Å²) < 4.78 is 54.8. The van der Waals surface area contributed by atoms with Crippen molar-refractivity contribution in [3.63, 3.8) is 0 Å². The maximum atomic E-state index is 14.6. The molecule has 0 unspecified atom stereocenters. The molecule has 0 bridgehead atoms. The molecule has 190 valence electrons. The second kappa shape index (κ2) is 11.8. The molecule has 0 saturated heterocycles. The van der Waals surface area contributed by atoms with E-state index in [1.54, 1.807) is 36.4 Å². The van der Waals surface area contributed by atoms with Crippen LogP contribution in [0.25, 0.3) is 0 Å². The van der Waals surface area contributed by atoms with Crippen LogP contribution in [-0.4, -0.2) is 51.0 Å². The Kier molecular flexibility index (Phi) is 8.76. The summed E-state index contributed by atoms with van der Waals surface area (Å²) in [5, 5.41) is 2.53. The number of carbonyl (C=O) groups is 2. The minimum Gasteiger partial charge on any atom is -0.357 e. The Balaban J connectivity index is 2.05. The van der Waals surface area contributed by atoms with Gasteiger partial charge >= 0.3 is 0 Å². The number of anilines is 1. The van der Waals surface area contributed by atoms with E-state index in [2.05, 4.69) is 5.32 Å². The molecule has 0 heterocycles. The zero-order valence-electron chi connectivity index (χ0n) is 19.9. The highest BCUT2D eigenvalue weighted by molar-refractivity contribution is 7.92. The molecule has 10 heteroatoms. The van der Waals surface area contributed by atoms with Crippen LogP contribution in [0.4, 0.5) is 14.5 Å². The van der Waals surface area contributed by atoms with E-state index < -0.39 is 46.1 Å². The van der Waals surface area contributed by atoms with Gasteiger partial charge in [-0.05, 0) is 23.8 Å². The number of nitrogens with zero attached hydrogens (tertiary/aromatic N) is 2. The van der Waals surface area contributed by atoms with Crippen molar-refractivity contribution in [1.29, 1.82) is 0 Å². The molecule has 36 heavy (non-hydrogen) atoms. The quantitative estimate of drug-likeness (QED) is 0.450. The molecule has 2 amide bonds. The number of nitrogens with one attached hydrogen (secondary N) is 1. The molecule has 0 aliphatic heterocycles. The van der Waals surface area contributed by atoms with Crippen molar-refractivity contribution >= 4 is 27.5 Å². The number of benzene rings is 3. The van der Waals surface area contributed by atoms with Gasteiger partial charge in [0.15, 0.2) is 0 Å². The van der Waals surface area contributed by atoms with Gasteiger partial charge in [-0.1, -0.05) is 60.7 Å². The van der Waals surface area contributed by atoms with Gasteiger partial charge in [0.2, 0.25) is 21.8 Å². The molecular weight excluding hydrogens is 488 g/mol. The average Bonchev–Trinajstić information content (AvgIpc) is 2.85. The summed E-state index contributed by atoms with van der Waals surface area (Å²) in [6.07, 6.45) is 0.952. The molecule has 1 N–H and O–H groups in total. The number of rotatable bonds is 10. The number of amides is 2. The molecular formula is C26H27F2N3O4S. The molecule has 3 rings (SSSR count). The highest BCUT2D eigenvalue weighted by atomic mass is 32.2. The molecule has 0 aliphatic rings. The predicted molar refractivity (Wildman–Crippen MR) is 134 cm³/mol. The van der Waals surface area contributed by atoms with Gasteiger partial charge in [0, 0.05) is 25.6 Å². The van der Waals surface area contributed by atoms with Gasteiger partial charge < -0.3 is 10.2 Å². The van der Waals surface area contributed by atoms with Gasteiger partial charge in [-0.3, -0.25) is 13.9 Å². The third-order valence-electron chi connectivity index (χ3n) is 5.62. The van der Waals surface area contributed by atoms with Crippen molar-refractivity contribution in [2.75, 3.05) is 24.2 Å². The number of hydrogen-bond acceptors (Lipinski definition) is 4. The van der Waals surface area contributed by atoms with E-state index >= 15 is 0 Å². The first-order valence-electron chi connectivity index (χ1n) is 11.1. The number of likely N-dealkylation sites (N-methyl/N-ethyl adjacent to an activating group) is 1. The van der Waals surface area contributed by atoms with Crippen molar-refractivity contribution in [3.05, 3.63) is 102 Å². The fraction of sp³-hybridized carbons (Fsp3) is 0.231. The Morgan fingerprint density at radius 3 is 2.06 bits per heavy atom. The Morgan fingerprint density at radius 1 is 0.889 bits per heavy atom. The van der Waals surface area contributed by atoms with Crippen molar-refractivity contribution in [3.8, 4) is 0 Å².